The van der Waals surface area contributed by atoms with Gasteiger partial charge in [-0.25, -0.2) is 4.39 Å². The topological polar surface area (TPSA) is 58.6 Å². The molecule has 0 heterocycles. The number of hydrogen-bond acceptors (Lipinski definition) is 3. The molecule has 2 unspecified atom stereocenters. The smallest absolute Gasteiger partial charge is 0.324 e. The van der Waals surface area contributed by atoms with Gasteiger partial charge in [-0.2, -0.15) is 0 Å². The summed E-state index contributed by atoms with van der Waals surface area (Å²) in [4.78, 5) is 11.6. The van der Waals surface area contributed by atoms with Gasteiger partial charge in [0.15, 0.2) is 0 Å². The summed E-state index contributed by atoms with van der Waals surface area (Å²) in [6, 6.07) is 4.38. The number of nitrogens with one attached hydrogen (secondary N) is 1. The average Bonchev–Trinajstić information content (AvgIpc) is 2.84. The van der Waals surface area contributed by atoms with Gasteiger partial charge in [-0.3, -0.25) is 4.79 Å². The summed E-state index contributed by atoms with van der Waals surface area (Å²) in [5.41, 5.74) is -0.168. The summed E-state index contributed by atoms with van der Waals surface area (Å²) in [7, 11) is 0. The molecule has 2 atom stereocenters. The molecular formula is C16H22FNO3. The Balaban J connectivity index is 2.05. The van der Waals surface area contributed by atoms with Gasteiger partial charge in [0.1, 0.15) is 23.2 Å². The van der Waals surface area contributed by atoms with Gasteiger partial charge in [0.25, 0.3) is 0 Å². The molecule has 4 nitrogen and oxygen atoms in total. The van der Waals surface area contributed by atoms with Crippen LogP contribution < -0.4 is 10.1 Å². The van der Waals surface area contributed by atoms with Crippen LogP contribution in [0.2, 0.25) is 0 Å². The van der Waals surface area contributed by atoms with E-state index in [9.17, 15) is 14.3 Å². The first-order valence-corrected chi connectivity index (χ1v) is 7.38. The van der Waals surface area contributed by atoms with E-state index in [1.807, 2.05) is 6.92 Å². The maximum atomic E-state index is 13.1. The first-order chi connectivity index (χ1) is 9.97. The summed E-state index contributed by atoms with van der Waals surface area (Å²) in [6.45, 7) is 4.47. The Morgan fingerprint density at radius 2 is 2.33 bits per heavy atom. The predicted octanol–water partition coefficient (Wildman–Crippen LogP) is 2.89. The van der Waals surface area contributed by atoms with Crippen LogP contribution in [0.4, 0.5) is 4.39 Å². The van der Waals surface area contributed by atoms with Gasteiger partial charge in [0.05, 0.1) is 0 Å². The minimum atomic E-state index is -0.894. The van der Waals surface area contributed by atoms with Crippen LogP contribution in [0.25, 0.3) is 0 Å². The van der Waals surface area contributed by atoms with Crippen LogP contribution in [-0.2, 0) is 4.79 Å². The molecule has 2 N–H and O–H groups in total. The molecule has 0 spiro atoms. The molecule has 21 heavy (non-hydrogen) atoms. The van der Waals surface area contributed by atoms with Crippen molar-refractivity contribution >= 4 is 5.97 Å². The quantitative estimate of drug-likeness (QED) is 0.847. The molecule has 0 bridgehead atoms. The Morgan fingerprint density at radius 1 is 1.57 bits per heavy atom. The van der Waals surface area contributed by atoms with Gasteiger partial charge in [0, 0.05) is 6.42 Å². The Labute approximate surface area is 124 Å². The van der Waals surface area contributed by atoms with Crippen molar-refractivity contribution in [2.45, 2.75) is 51.2 Å². The second kappa shape index (κ2) is 6.43. The number of aryl methyl sites for hydroxylation is 1. The van der Waals surface area contributed by atoms with E-state index in [4.69, 9.17) is 4.74 Å². The van der Waals surface area contributed by atoms with E-state index in [1.54, 1.807) is 13.0 Å². The van der Waals surface area contributed by atoms with Crippen molar-refractivity contribution in [1.82, 2.24) is 5.32 Å². The van der Waals surface area contributed by atoms with Crippen LogP contribution in [0.1, 0.15) is 38.2 Å². The van der Waals surface area contributed by atoms with Crippen molar-refractivity contribution in [2.24, 2.45) is 0 Å². The number of carboxylic acids is 1. The van der Waals surface area contributed by atoms with Crippen molar-refractivity contribution in [3.63, 3.8) is 0 Å². The number of benzene rings is 1. The predicted molar refractivity (Wildman–Crippen MR) is 78.1 cm³/mol. The lowest BCUT2D eigenvalue weighted by Gasteiger charge is -2.26. The fourth-order valence-electron chi connectivity index (χ4n) is 2.82. The summed E-state index contributed by atoms with van der Waals surface area (Å²) >= 11 is 0. The second-order valence-corrected chi connectivity index (χ2v) is 5.71. The number of halogens is 1. The minimum Gasteiger partial charge on any atom is -0.490 e. The highest BCUT2D eigenvalue weighted by molar-refractivity contribution is 5.79. The van der Waals surface area contributed by atoms with Crippen molar-refractivity contribution < 1.29 is 19.0 Å². The maximum Gasteiger partial charge on any atom is 0.324 e. The highest BCUT2D eigenvalue weighted by Crippen LogP contribution is 2.34. The summed E-state index contributed by atoms with van der Waals surface area (Å²) in [5.74, 6) is -0.494. The molecule has 0 amide bonds. The molecule has 1 saturated carbocycles. The zero-order chi connectivity index (χ0) is 15.5. The van der Waals surface area contributed by atoms with Gasteiger partial charge < -0.3 is 15.2 Å². The molecule has 5 heteroatoms. The summed E-state index contributed by atoms with van der Waals surface area (Å²) in [5, 5.41) is 12.6. The van der Waals surface area contributed by atoms with E-state index in [0.717, 1.165) is 12.0 Å². The highest BCUT2D eigenvalue weighted by Gasteiger charge is 2.46. The number of aliphatic carboxylic acids is 1. The standard InChI is InChI=1S/C16H22FNO3/c1-3-8-18-16(15(19)20)7-6-13(10-16)21-14-5-4-12(17)9-11(14)2/h4-5,9,13,18H,3,6-8,10H2,1-2H3,(H,19,20). The lowest BCUT2D eigenvalue weighted by molar-refractivity contribution is -0.144. The first kappa shape index (κ1) is 15.8. The van der Waals surface area contributed by atoms with Gasteiger partial charge in [-0.05, 0) is 56.5 Å². The third-order valence-corrected chi connectivity index (χ3v) is 4.02. The van der Waals surface area contributed by atoms with Crippen molar-refractivity contribution in [3.8, 4) is 5.75 Å². The zero-order valence-corrected chi connectivity index (χ0v) is 12.5. The average molecular weight is 295 g/mol. The highest BCUT2D eigenvalue weighted by atomic mass is 19.1. The molecule has 0 aromatic heterocycles. The van der Waals surface area contributed by atoms with E-state index in [1.165, 1.54) is 12.1 Å². The van der Waals surface area contributed by atoms with Crippen molar-refractivity contribution in [2.75, 3.05) is 6.54 Å². The van der Waals surface area contributed by atoms with E-state index in [-0.39, 0.29) is 11.9 Å². The van der Waals surface area contributed by atoms with Gasteiger partial charge in [-0.1, -0.05) is 6.92 Å². The van der Waals surface area contributed by atoms with E-state index >= 15 is 0 Å². The summed E-state index contributed by atoms with van der Waals surface area (Å²) in [6.07, 6.45) is 2.39. The van der Waals surface area contributed by atoms with E-state index in [2.05, 4.69) is 5.32 Å². The maximum absolute atomic E-state index is 13.1. The van der Waals surface area contributed by atoms with Crippen LogP contribution in [0.5, 0.6) is 5.75 Å². The lowest BCUT2D eigenvalue weighted by Crippen LogP contribution is -2.50. The molecule has 1 aliphatic carbocycles. The molecule has 0 radical (unpaired) electrons. The molecule has 0 aliphatic heterocycles. The second-order valence-electron chi connectivity index (χ2n) is 5.71. The Morgan fingerprint density at radius 3 is 2.95 bits per heavy atom. The van der Waals surface area contributed by atoms with Gasteiger partial charge in [0.2, 0.25) is 0 Å². The number of hydrogen-bond donors (Lipinski definition) is 2. The monoisotopic (exact) mass is 295 g/mol. The van der Waals surface area contributed by atoms with Crippen LogP contribution in [0.3, 0.4) is 0 Å². The molecule has 1 aliphatic rings. The zero-order valence-electron chi connectivity index (χ0n) is 12.5. The fraction of sp³-hybridized carbons (Fsp3) is 0.562. The van der Waals surface area contributed by atoms with E-state index in [0.29, 0.717) is 31.6 Å². The van der Waals surface area contributed by atoms with E-state index < -0.39 is 11.5 Å². The number of carbonyl (C=O) groups is 1. The fourth-order valence-corrected chi connectivity index (χ4v) is 2.82. The normalized spacial score (nSPS) is 25.0. The van der Waals surface area contributed by atoms with Crippen LogP contribution in [0.15, 0.2) is 18.2 Å². The van der Waals surface area contributed by atoms with Crippen LogP contribution in [-0.4, -0.2) is 29.3 Å². The number of rotatable bonds is 6. The Hall–Kier alpha value is -1.62. The molecule has 1 fully saturated rings. The number of carboxylic acid groups (broad SMARTS) is 1. The van der Waals surface area contributed by atoms with Crippen molar-refractivity contribution in [3.05, 3.63) is 29.6 Å². The summed E-state index contributed by atoms with van der Waals surface area (Å²) < 4.78 is 19.0. The Bertz CT molecular complexity index is 520. The van der Waals surface area contributed by atoms with Crippen LogP contribution >= 0.6 is 0 Å². The third-order valence-electron chi connectivity index (χ3n) is 4.02. The van der Waals surface area contributed by atoms with Gasteiger partial charge in [-0.15, -0.1) is 0 Å². The largest absolute Gasteiger partial charge is 0.490 e. The van der Waals surface area contributed by atoms with Crippen LogP contribution in [0, 0.1) is 12.7 Å². The molecule has 2 rings (SSSR count). The Kier molecular flexibility index (Phi) is 4.83. The lowest BCUT2D eigenvalue weighted by atomic mass is 9.97. The first-order valence-electron chi connectivity index (χ1n) is 7.38. The minimum absolute atomic E-state index is 0.158. The van der Waals surface area contributed by atoms with Gasteiger partial charge >= 0.3 is 5.97 Å². The molecular weight excluding hydrogens is 273 g/mol. The molecule has 116 valence electrons. The van der Waals surface area contributed by atoms with Crippen molar-refractivity contribution in [1.29, 1.82) is 0 Å². The molecule has 1 aromatic rings. The molecule has 0 saturated heterocycles. The number of ether oxygens (including phenoxy) is 1. The molecule has 1 aromatic carbocycles. The third kappa shape index (κ3) is 3.53. The SMILES string of the molecule is CCCNC1(C(=O)O)CCC(Oc2ccc(F)cc2C)C1.